The summed E-state index contributed by atoms with van der Waals surface area (Å²) >= 11 is 0. The summed E-state index contributed by atoms with van der Waals surface area (Å²) < 4.78 is 1.28. The van der Waals surface area contributed by atoms with Gasteiger partial charge in [0.2, 0.25) is 5.91 Å². The topological polar surface area (TPSA) is 64.0 Å². The van der Waals surface area contributed by atoms with Gasteiger partial charge in [0.15, 0.2) is 0 Å². The fourth-order valence-electron chi connectivity index (χ4n) is 2.98. The average Bonchev–Trinajstić information content (AvgIpc) is 2.68. The van der Waals surface area contributed by atoms with Crippen molar-refractivity contribution < 1.29 is 4.79 Å². The summed E-state index contributed by atoms with van der Waals surface area (Å²) in [6.07, 6.45) is 0.460. The highest BCUT2D eigenvalue weighted by Crippen LogP contribution is 2.21. The van der Waals surface area contributed by atoms with Gasteiger partial charge in [0.1, 0.15) is 6.04 Å². The number of aromatic nitrogens is 2. The first-order valence-electron chi connectivity index (χ1n) is 9.03. The Morgan fingerprint density at radius 3 is 2.48 bits per heavy atom. The van der Waals surface area contributed by atoms with Crippen molar-refractivity contribution in [3.63, 3.8) is 0 Å². The number of benzene rings is 2. The van der Waals surface area contributed by atoms with Crippen LogP contribution in [0.15, 0.2) is 65.5 Å². The first-order valence-corrected chi connectivity index (χ1v) is 9.03. The zero-order chi connectivity index (χ0) is 19.4. The quantitative estimate of drug-likeness (QED) is 0.743. The summed E-state index contributed by atoms with van der Waals surface area (Å²) in [5, 5.41) is 7.41. The lowest BCUT2D eigenvalue weighted by Crippen LogP contribution is -2.34. The Bertz CT molecular complexity index is 1010. The van der Waals surface area contributed by atoms with Crippen molar-refractivity contribution in [1.29, 1.82) is 0 Å². The minimum atomic E-state index is -0.680. The number of aryl methyl sites for hydroxylation is 1. The molecule has 0 saturated carbocycles. The number of amides is 1. The van der Waals surface area contributed by atoms with Gasteiger partial charge in [-0.05, 0) is 43.5 Å². The minimum absolute atomic E-state index is 0.244. The first kappa shape index (κ1) is 18.6. The van der Waals surface area contributed by atoms with Crippen molar-refractivity contribution in [3.05, 3.63) is 82.1 Å². The zero-order valence-electron chi connectivity index (χ0n) is 15.8. The summed E-state index contributed by atoms with van der Waals surface area (Å²) in [5.74, 6) is -0.244. The first-order chi connectivity index (χ1) is 13.0. The molecule has 138 valence electrons. The second-order valence-electron chi connectivity index (χ2n) is 6.53. The molecule has 0 aliphatic heterocycles. The highest BCUT2D eigenvalue weighted by molar-refractivity contribution is 5.94. The molecular formula is C22H23N3O2. The molecule has 1 aromatic heterocycles. The zero-order valence-corrected chi connectivity index (χ0v) is 15.8. The molecule has 0 bridgehead atoms. The molecule has 27 heavy (non-hydrogen) atoms. The van der Waals surface area contributed by atoms with Crippen LogP contribution in [0.1, 0.15) is 30.5 Å². The Balaban J connectivity index is 1.94. The van der Waals surface area contributed by atoms with Crippen molar-refractivity contribution in [1.82, 2.24) is 9.78 Å². The standard InChI is InChI=1S/C22H23N3O2/c1-4-20(22(27)23-18-12-8-9-15(2)16(18)3)25-21(26)14-13-19(24-25)17-10-6-5-7-11-17/h5-14,20H,4H2,1-3H3,(H,23,27). The van der Waals surface area contributed by atoms with E-state index in [0.29, 0.717) is 12.1 Å². The summed E-state index contributed by atoms with van der Waals surface area (Å²) in [5.41, 5.74) is 4.13. The maximum atomic E-state index is 12.9. The Morgan fingerprint density at radius 2 is 1.78 bits per heavy atom. The van der Waals surface area contributed by atoms with E-state index in [1.807, 2.05) is 69.3 Å². The predicted molar refractivity (Wildman–Crippen MR) is 108 cm³/mol. The van der Waals surface area contributed by atoms with E-state index >= 15 is 0 Å². The third-order valence-electron chi connectivity index (χ3n) is 4.74. The van der Waals surface area contributed by atoms with Gasteiger partial charge in [-0.15, -0.1) is 0 Å². The maximum Gasteiger partial charge on any atom is 0.267 e. The molecule has 3 rings (SSSR count). The van der Waals surface area contributed by atoms with Crippen molar-refractivity contribution in [2.75, 3.05) is 5.32 Å². The Morgan fingerprint density at radius 1 is 1.04 bits per heavy atom. The smallest absolute Gasteiger partial charge is 0.267 e. The van der Waals surface area contributed by atoms with Crippen LogP contribution in [0, 0.1) is 13.8 Å². The number of nitrogens with zero attached hydrogens (tertiary/aromatic N) is 2. The van der Waals surface area contributed by atoms with Gasteiger partial charge in [0.25, 0.3) is 5.56 Å². The van der Waals surface area contributed by atoms with E-state index in [2.05, 4.69) is 10.4 Å². The van der Waals surface area contributed by atoms with Crippen molar-refractivity contribution >= 4 is 11.6 Å². The molecule has 5 nitrogen and oxygen atoms in total. The summed E-state index contributed by atoms with van der Waals surface area (Å²) in [6.45, 7) is 5.83. The molecule has 0 fully saturated rings. The fourth-order valence-corrected chi connectivity index (χ4v) is 2.98. The van der Waals surface area contributed by atoms with E-state index < -0.39 is 6.04 Å². The highest BCUT2D eigenvalue weighted by Gasteiger charge is 2.22. The molecule has 0 aliphatic carbocycles. The summed E-state index contributed by atoms with van der Waals surface area (Å²) in [4.78, 5) is 25.3. The average molecular weight is 361 g/mol. The molecular weight excluding hydrogens is 338 g/mol. The molecule has 0 spiro atoms. The second kappa shape index (κ2) is 7.99. The van der Waals surface area contributed by atoms with E-state index in [9.17, 15) is 9.59 Å². The lowest BCUT2D eigenvalue weighted by atomic mass is 10.1. The molecule has 0 saturated heterocycles. The predicted octanol–water partition coefficient (Wildman–Crippen LogP) is 4.12. The molecule has 1 atom stereocenters. The van der Waals surface area contributed by atoms with Crippen LogP contribution in [0.3, 0.4) is 0 Å². The van der Waals surface area contributed by atoms with E-state index in [0.717, 1.165) is 22.4 Å². The van der Waals surface area contributed by atoms with E-state index in [1.54, 1.807) is 6.07 Å². The third-order valence-corrected chi connectivity index (χ3v) is 4.74. The van der Waals surface area contributed by atoms with Crippen molar-refractivity contribution in [2.24, 2.45) is 0 Å². The SMILES string of the molecule is CCC(C(=O)Nc1cccc(C)c1C)n1nc(-c2ccccc2)ccc1=O. The molecule has 0 aliphatic rings. The van der Waals surface area contributed by atoms with Gasteiger partial charge in [-0.2, -0.15) is 5.10 Å². The number of hydrogen-bond donors (Lipinski definition) is 1. The molecule has 1 amide bonds. The number of nitrogens with one attached hydrogen (secondary N) is 1. The highest BCUT2D eigenvalue weighted by atomic mass is 16.2. The third kappa shape index (κ3) is 3.97. The largest absolute Gasteiger partial charge is 0.324 e. The van der Waals surface area contributed by atoms with Gasteiger partial charge < -0.3 is 5.32 Å². The van der Waals surface area contributed by atoms with E-state index in [1.165, 1.54) is 10.7 Å². The summed E-state index contributed by atoms with van der Waals surface area (Å²) in [7, 11) is 0. The van der Waals surface area contributed by atoms with Gasteiger partial charge in [0, 0.05) is 17.3 Å². The molecule has 1 heterocycles. The molecule has 2 aromatic carbocycles. The molecule has 0 radical (unpaired) electrons. The van der Waals surface area contributed by atoms with Crippen LogP contribution in [0.25, 0.3) is 11.3 Å². The van der Waals surface area contributed by atoms with E-state index in [4.69, 9.17) is 0 Å². The van der Waals surface area contributed by atoms with Crippen LogP contribution in [-0.4, -0.2) is 15.7 Å². The summed E-state index contributed by atoms with van der Waals surface area (Å²) in [6, 6.07) is 17.8. The Labute approximate surface area is 158 Å². The maximum absolute atomic E-state index is 12.9. The molecule has 5 heteroatoms. The Kier molecular flexibility index (Phi) is 5.50. The van der Waals surface area contributed by atoms with E-state index in [-0.39, 0.29) is 11.5 Å². The number of rotatable bonds is 5. The molecule has 3 aromatic rings. The van der Waals surface area contributed by atoms with Crippen LogP contribution in [0.2, 0.25) is 0 Å². The number of carbonyl (C=O) groups excluding carboxylic acids is 1. The van der Waals surface area contributed by atoms with Gasteiger partial charge in [-0.1, -0.05) is 49.4 Å². The normalized spacial score (nSPS) is 11.8. The number of anilines is 1. The van der Waals surface area contributed by atoms with Crippen LogP contribution < -0.4 is 10.9 Å². The molecule has 1 N–H and O–H groups in total. The van der Waals surface area contributed by atoms with Crippen molar-refractivity contribution in [2.45, 2.75) is 33.2 Å². The van der Waals surface area contributed by atoms with Crippen LogP contribution in [-0.2, 0) is 4.79 Å². The van der Waals surface area contributed by atoms with Crippen LogP contribution in [0.4, 0.5) is 5.69 Å². The van der Waals surface area contributed by atoms with Crippen LogP contribution >= 0.6 is 0 Å². The minimum Gasteiger partial charge on any atom is -0.324 e. The lowest BCUT2D eigenvalue weighted by Gasteiger charge is -2.18. The number of carbonyl (C=O) groups is 1. The van der Waals surface area contributed by atoms with Crippen LogP contribution in [0.5, 0.6) is 0 Å². The van der Waals surface area contributed by atoms with Crippen molar-refractivity contribution in [3.8, 4) is 11.3 Å². The van der Waals surface area contributed by atoms with Gasteiger partial charge in [-0.25, -0.2) is 4.68 Å². The second-order valence-corrected chi connectivity index (χ2v) is 6.53. The van der Waals surface area contributed by atoms with Gasteiger partial charge in [-0.3, -0.25) is 9.59 Å². The Hall–Kier alpha value is -3.21. The lowest BCUT2D eigenvalue weighted by molar-refractivity contribution is -0.119. The fraction of sp³-hybridized carbons (Fsp3) is 0.227. The van der Waals surface area contributed by atoms with Gasteiger partial charge >= 0.3 is 0 Å². The number of hydrogen-bond acceptors (Lipinski definition) is 3. The molecule has 1 unspecified atom stereocenters. The monoisotopic (exact) mass is 361 g/mol. The van der Waals surface area contributed by atoms with Gasteiger partial charge in [0.05, 0.1) is 5.69 Å².